The van der Waals surface area contributed by atoms with Crippen molar-refractivity contribution in [2.45, 2.75) is 71.5 Å². The third-order valence-corrected chi connectivity index (χ3v) is 6.70. The summed E-state index contributed by atoms with van der Waals surface area (Å²) < 4.78 is 0. The minimum Gasteiger partial charge on any atom is -0.393 e. The lowest BCUT2D eigenvalue weighted by atomic mass is 9.46. The quantitative estimate of drug-likeness (QED) is 0.681. The Morgan fingerprint density at radius 3 is 2.35 bits per heavy atom. The first-order valence-electron chi connectivity index (χ1n) is 7.05. The number of aliphatic hydroxyl groups excluding tert-OH is 1. The number of aliphatic hydroxyl groups is 2. The van der Waals surface area contributed by atoms with Crippen molar-refractivity contribution < 1.29 is 10.2 Å². The van der Waals surface area contributed by atoms with Crippen LogP contribution >= 0.6 is 0 Å². The Hall–Kier alpha value is -0.0800. The molecule has 4 bridgehead atoms. The van der Waals surface area contributed by atoms with E-state index in [1.807, 2.05) is 0 Å². The van der Waals surface area contributed by atoms with Gasteiger partial charge in [-0.15, -0.1) is 0 Å². The highest BCUT2D eigenvalue weighted by Gasteiger charge is 2.74. The van der Waals surface area contributed by atoms with Crippen LogP contribution in [-0.4, -0.2) is 21.9 Å². The van der Waals surface area contributed by atoms with Crippen molar-refractivity contribution in [2.24, 2.45) is 22.2 Å². The van der Waals surface area contributed by atoms with Crippen molar-refractivity contribution in [3.05, 3.63) is 0 Å². The molecule has 0 saturated heterocycles. The van der Waals surface area contributed by atoms with Crippen LogP contribution in [-0.2, 0) is 0 Å². The first-order valence-corrected chi connectivity index (χ1v) is 7.05. The molecule has 0 spiro atoms. The molecule has 3 rings (SSSR count). The molecule has 0 aromatic rings. The van der Waals surface area contributed by atoms with E-state index in [1.54, 1.807) is 0 Å². The molecule has 0 aromatic carbocycles. The second-order valence-electron chi connectivity index (χ2n) is 8.16. The molecule has 2 N–H and O–H groups in total. The SMILES string of the molecule is CC1(C)CC2(O)C3(C)CCC1C2(C)CC(O)C3. The molecule has 5 unspecified atom stereocenters. The van der Waals surface area contributed by atoms with E-state index in [-0.39, 0.29) is 22.3 Å². The van der Waals surface area contributed by atoms with Crippen molar-refractivity contribution >= 4 is 0 Å². The van der Waals surface area contributed by atoms with Gasteiger partial charge in [0.1, 0.15) is 0 Å². The monoisotopic (exact) mass is 238 g/mol. The second kappa shape index (κ2) is 2.91. The van der Waals surface area contributed by atoms with Crippen molar-refractivity contribution in [3.63, 3.8) is 0 Å². The lowest BCUT2D eigenvalue weighted by molar-refractivity contribution is -0.230. The Bertz CT molecular complexity index is 364. The number of hydrogen-bond acceptors (Lipinski definition) is 2. The van der Waals surface area contributed by atoms with E-state index in [2.05, 4.69) is 27.7 Å². The number of hydrogen-bond donors (Lipinski definition) is 2. The topological polar surface area (TPSA) is 40.5 Å². The van der Waals surface area contributed by atoms with Gasteiger partial charge in [-0.3, -0.25) is 0 Å². The molecule has 3 fully saturated rings. The highest BCUT2D eigenvalue weighted by atomic mass is 16.3. The third-order valence-electron chi connectivity index (χ3n) is 6.70. The van der Waals surface area contributed by atoms with Crippen molar-refractivity contribution in [1.82, 2.24) is 0 Å². The maximum absolute atomic E-state index is 11.4. The van der Waals surface area contributed by atoms with Gasteiger partial charge in [0.2, 0.25) is 0 Å². The normalized spacial score (nSPS) is 60.4. The van der Waals surface area contributed by atoms with E-state index < -0.39 is 5.60 Å². The summed E-state index contributed by atoms with van der Waals surface area (Å²) in [6, 6.07) is 0. The summed E-state index contributed by atoms with van der Waals surface area (Å²) in [6.07, 6.45) is 4.54. The second-order valence-corrected chi connectivity index (χ2v) is 8.16. The smallest absolute Gasteiger partial charge is 0.0764 e. The van der Waals surface area contributed by atoms with E-state index in [0.29, 0.717) is 5.92 Å². The molecule has 0 heterocycles. The number of rotatable bonds is 0. The third kappa shape index (κ3) is 1.14. The first kappa shape index (κ1) is 12.0. The van der Waals surface area contributed by atoms with Gasteiger partial charge < -0.3 is 10.2 Å². The van der Waals surface area contributed by atoms with Gasteiger partial charge in [0.25, 0.3) is 0 Å². The molecule has 3 saturated carbocycles. The molecule has 17 heavy (non-hydrogen) atoms. The molecule has 3 aliphatic rings. The van der Waals surface area contributed by atoms with Gasteiger partial charge in [0.15, 0.2) is 0 Å². The molecule has 2 heteroatoms. The van der Waals surface area contributed by atoms with E-state index >= 15 is 0 Å². The Labute approximate surface area is 104 Å². The highest BCUT2D eigenvalue weighted by molar-refractivity contribution is 5.23. The molecular formula is C15H26O2. The van der Waals surface area contributed by atoms with Gasteiger partial charge in [0.05, 0.1) is 11.7 Å². The largest absolute Gasteiger partial charge is 0.393 e. The molecular weight excluding hydrogens is 212 g/mol. The van der Waals surface area contributed by atoms with E-state index in [1.165, 1.54) is 6.42 Å². The van der Waals surface area contributed by atoms with Gasteiger partial charge in [0, 0.05) is 5.41 Å². The van der Waals surface area contributed by atoms with Crippen molar-refractivity contribution in [3.8, 4) is 0 Å². The zero-order valence-electron chi connectivity index (χ0n) is 11.6. The van der Waals surface area contributed by atoms with Crippen LogP contribution < -0.4 is 0 Å². The maximum atomic E-state index is 11.4. The molecule has 0 radical (unpaired) electrons. The lowest BCUT2D eigenvalue weighted by Gasteiger charge is -2.62. The van der Waals surface area contributed by atoms with E-state index in [4.69, 9.17) is 0 Å². The van der Waals surface area contributed by atoms with Crippen molar-refractivity contribution in [1.29, 1.82) is 0 Å². The molecule has 0 aliphatic heterocycles. The first-order chi connectivity index (χ1) is 7.65. The molecule has 5 atom stereocenters. The van der Waals surface area contributed by atoms with Crippen LogP contribution in [0.25, 0.3) is 0 Å². The molecule has 0 amide bonds. The van der Waals surface area contributed by atoms with Crippen molar-refractivity contribution in [2.75, 3.05) is 0 Å². The fraction of sp³-hybridized carbons (Fsp3) is 1.00. The molecule has 2 nitrogen and oxygen atoms in total. The fourth-order valence-electron chi connectivity index (χ4n) is 6.08. The average molecular weight is 238 g/mol. The molecule has 0 aromatic heterocycles. The summed E-state index contributed by atoms with van der Waals surface area (Å²) in [4.78, 5) is 0. The predicted octanol–water partition coefficient (Wildman–Crippen LogP) is 2.72. The summed E-state index contributed by atoms with van der Waals surface area (Å²) >= 11 is 0. The Balaban J connectivity index is 2.17. The molecule has 98 valence electrons. The van der Waals surface area contributed by atoms with Gasteiger partial charge in [-0.05, 0) is 48.9 Å². The van der Waals surface area contributed by atoms with Crippen LogP contribution in [0.4, 0.5) is 0 Å². The lowest BCUT2D eigenvalue weighted by Crippen LogP contribution is -2.64. The fourth-order valence-corrected chi connectivity index (χ4v) is 6.08. The van der Waals surface area contributed by atoms with Crippen LogP contribution in [0, 0.1) is 22.2 Å². The van der Waals surface area contributed by atoms with Crippen LogP contribution in [0.2, 0.25) is 0 Å². The predicted molar refractivity (Wildman–Crippen MR) is 67.5 cm³/mol. The highest BCUT2D eigenvalue weighted by Crippen LogP contribution is 2.74. The van der Waals surface area contributed by atoms with Gasteiger partial charge >= 0.3 is 0 Å². The maximum Gasteiger partial charge on any atom is 0.0764 e. The van der Waals surface area contributed by atoms with Crippen LogP contribution in [0.1, 0.15) is 59.8 Å². The minimum atomic E-state index is -0.564. The zero-order valence-corrected chi connectivity index (χ0v) is 11.6. The standard InChI is InChI=1S/C15H26O2/c1-12(2)9-15(17)13(3)6-5-11(12)14(15,4)8-10(16)7-13/h10-11,16-17H,5-9H2,1-4H3. The summed E-state index contributed by atoms with van der Waals surface area (Å²) in [7, 11) is 0. The van der Waals surface area contributed by atoms with Crippen LogP contribution in [0.3, 0.4) is 0 Å². The Morgan fingerprint density at radius 1 is 1.06 bits per heavy atom. The Morgan fingerprint density at radius 2 is 1.71 bits per heavy atom. The van der Waals surface area contributed by atoms with Gasteiger partial charge in [-0.2, -0.15) is 0 Å². The summed E-state index contributed by atoms with van der Waals surface area (Å²) in [6.45, 7) is 9.03. The summed E-state index contributed by atoms with van der Waals surface area (Å²) in [5.74, 6) is 0.558. The van der Waals surface area contributed by atoms with Gasteiger partial charge in [-0.25, -0.2) is 0 Å². The van der Waals surface area contributed by atoms with E-state index in [9.17, 15) is 10.2 Å². The minimum absolute atomic E-state index is 0.0797. The Kier molecular flexibility index (Phi) is 2.05. The zero-order chi connectivity index (χ0) is 12.7. The summed E-state index contributed by atoms with van der Waals surface area (Å²) in [5.41, 5.74) is -0.512. The van der Waals surface area contributed by atoms with Crippen LogP contribution in [0.5, 0.6) is 0 Å². The average Bonchev–Trinajstić information content (AvgIpc) is 2.19. The van der Waals surface area contributed by atoms with Crippen LogP contribution in [0.15, 0.2) is 0 Å². The summed E-state index contributed by atoms with van der Waals surface area (Å²) in [5, 5.41) is 21.5. The van der Waals surface area contributed by atoms with Gasteiger partial charge in [-0.1, -0.05) is 27.7 Å². The van der Waals surface area contributed by atoms with E-state index in [0.717, 1.165) is 25.7 Å². The molecule has 3 aliphatic carbocycles.